The van der Waals surface area contributed by atoms with Gasteiger partial charge in [-0.1, -0.05) is 66.6 Å². The summed E-state index contributed by atoms with van der Waals surface area (Å²) in [6.07, 6.45) is 12.9. The molecule has 2 fully saturated rings. The normalized spacial score (nSPS) is 25.8. The van der Waals surface area contributed by atoms with Gasteiger partial charge < -0.3 is 4.74 Å². The number of rotatable bonds is 7. The van der Waals surface area contributed by atoms with Gasteiger partial charge in [0.25, 0.3) is 0 Å². The van der Waals surface area contributed by atoms with Crippen molar-refractivity contribution in [2.24, 2.45) is 0 Å². The molecule has 2 heteroatoms. The number of piperidine rings is 1. The highest BCUT2D eigenvalue weighted by Gasteiger charge is 2.41. The Labute approximate surface area is 163 Å². The molecule has 0 aliphatic carbocycles. The van der Waals surface area contributed by atoms with Gasteiger partial charge in [-0.3, -0.25) is 4.90 Å². The Kier molecular flexibility index (Phi) is 5.92. The number of aryl methyl sites for hydroxylation is 1. The smallest absolute Gasteiger partial charge is 0.0831 e. The fourth-order valence-electron chi connectivity index (χ4n) is 4.85. The van der Waals surface area contributed by atoms with Gasteiger partial charge in [-0.05, 0) is 49.7 Å². The van der Waals surface area contributed by atoms with E-state index < -0.39 is 0 Å². The molecule has 4 atom stereocenters. The molecule has 2 heterocycles. The van der Waals surface area contributed by atoms with Gasteiger partial charge in [0, 0.05) is 12.1 Å². The molecule has 0 aromatic heterocycles. The summed E-state index contributed by atoms with van der Waals surface area (Å²) in [6.45, 7) is 0.790. The summed E-state index contributed by atoms with van der Waals surface area (Å²) in [4.78, 5) is 2.53. The molecule has 2 aliphatic heterocycles. The zero-order chi connectivity index (χ0) is 18.5. The number of terminal acetylenes is 1. The molecule has 0 spiro atoms. The molecule has 0 amide bonds. The summed E-state index contributed by atoms with van der Waals surface area (Å²) in [6, 6.07) is 22.7. The summed E-state index contributed by atoms with van der Waals surface area (Å²) in [5, 5.41) is 0. The highest BCUT2D eigenvalue weighted by atomic mass is 16.5. The topological polar surface area (TPSA) is 12.5 Å². The van der Waals surface area contributed by atoms with Crippen molar-refractivity contribution in [1.29, 1.82) is 0 Å². The van der Waals surface area contributed by atoms with Crippen molar-refractivity contribution in [2.75, 3.05) is 6.54 Å². The predicted octanol–water partition coefficient (Wildman–Crippen LogP) is 5.01. The van der Waals surface area contributed by atoms with Crippen LogP contribution in [0.25, 0.3) is 0 Å². The van der Waals surface area contributed by atoms with Crippen molar-refractivity contribution in [3.63, 3.8) is 0 Å². The lowest BCUT2D eigenvalue weighted by atomic mass is 9.97. The van der Waals surface area contributed by atoms with Crippen molar-refractivity contribution in [2.45, 2.75) is 62.8 Å². The maximum Gasteiger partial charge on any atom is 0.0831 e. The first-order valence-electron chi connectivity index (χ1n) is 10.3. The van der Waals surface area contributed by atoms with Crippen LogP contribution in [0.1, 0.15) is 49.3 Å². The third-order valence-electron chi connectivity index (χ3n) is 6.18. The van der Waals surface area contributed by atoms with Gasteiger partial charge in [-0.2, -0.15) is 0 Å². The average Bonchev–Trinajstić information content (AvgIpc) is 2.95. The van der Waals surface area contributed by atoms with E-state index in [-0.39, 0.29) is 6.10 Å². The average molecular weight is 360 g/mol. The lowest BCUT2D eigenvalue weighted by molar-refractivity contribution is -0.0628. The first-order valence-corrected chi connectivity index (χ1v) is 10.3. The lowest BCUT2D eigenvalue weighted by Gasteiger charge is -2.39. The van der Waals surface area contributed by atoms with Crippen LogP contribution in [-0.2, 0) is 11.2 Å². The molecule has 27 heavy (non-hydrogen) atoms. The van der Waals surface area contributed by atoms with Gasteiger partial charge in [-0.15, -0.1) is 6.42 Å². The quantitative estimate of drug-likeness (QED) is 0.645. The van der Waals surface area contributed by atoms with Crippen LogP contribution < -0.4 is 0 Å². The summed E-state index contributed by atoms with van der Waals surface area (Å²) in [7, 11) is 0. The van der Waals surface area contributed by atoms with Gasteiger partial charge in [0.2, 0.25) is 0 Å². The van der Waals surface area contributed by atoms with Crippen LogP contribution in [0.5, 0.6) is 0 Å². The number of hydrogen-bond donors (Lipinski definition) is 0. The SMILES string of the molecule is C#CCN1[C@@H]2CC[C@H]1CC(OC(CCc1ccccc1)c1ccccc1)C2. The number of nitrogens with zero attached hydrogens (tertiary/aromatic N) is 1. The second-order valence-corrected chi connectivity index (χ2v) is 7.91. The summed E-state index contributed by atoms with van der Waals surface area (Å²) >= 11 is 0. The second kappa shape index (κ2) is 8.74. The second-order valence-electron chi connectivity index (χ2n) is 7.91. The van der Waals surface area contributed by atoms with E-state index >= 15 is 0 Å². The van der Waals surface area contributed by atoms with Crippen LogP contribution in [0.2, 0.25) is 0 Å². The zero-order valence-corrected chi connectivity index (χ0v) is 16.0. The molecule has 0 N–H and O–H groups in total. The van der Waals surface area contributed by atoms with E-state index in [1.54, 1.807) is 0 Å². The van der Waals surface area contributed by atoms with E-state index in [0.29, 0.717) is 18.2 Å². The van der Waals surface area contributed by atoms with Crippen LogP contribution in [0, 0.1) is 12.3 Å². The van der Waals surface area contributed by atoms with Crippen molar-refractivity contribution in [3.05, 3.63) is 71.8 Å². The van der Waals surface area contributed by atoms with Gasteiger partial charge in [0.05, 0.1) is 18.8 Å². The molecule has 140 valence electrons. The number of ether oxygens (including phenoxy) is 1. The minimum atomic E-state index is 0.162. The van der Waals surface area contributed by atoms with Crippen molar-refractivity contribution in [3.8, 4) is 12.3 Å². The Morgan fingerprint density at radius 1 is 0.963 bits per heavy atom. The van der Waals surface area contributed by atoms with Gasteiger partial charge >= 0.3 is 0 Å². The fraction of sp³-hybridized carbons (Fsp3) is 0.440. The predicted molar refractivity (Wildman–Crippen MR) is 110 cm³/mol. The summed E-state index contributed by atoms with van der Waals surface area (Å²) in [5.74, 6) is 2.84. The van der Waals surface area contributed by atoms with E-state index in [1.165, 1.54) is 24.0 Å². The lowest BCUT2D eigenvalue weighted by Crippen LogP contribution is -2.45. The van der Waals surface area contributed by atoms with Gasteiger partial charge in [0.1, 0.15) is 0 Å². The molecule has 0 radical (unpaired) electrons. The zero-order valence-electron chi connectivity index (χ0n) is 16.0. The standard InChI is InChI=1S/C25H29NO/c1-2-17-26-22-14-15-23(26)19-24(18-22)27-25(21-11-7-4-8-12-21)16-13-20-9-5-3-6-10-20/h1,3-12,22-25H,13-19H2/t22-,23+,24?,25?. The molecule has 2 saturated heterocycles. The Morgan fingerprint density at radius 2 is 1.59 bits per heavy atom. The molecule has 2 aromatic carbocycles. The Bertz CT molecular complexity index is 737. The van der Waals surface area contributed by atoms with Crippen molar-refractivity contribution < 1.29 is 4.74 Å². The molecular weight excluding hydrogens is 330 g/mol. The largest absolute Gasteiger partial charge is 0.370 e. The van der Waals surface area contributed by atoms with Gasteiger partial charge in [0.15, 0.2) is 0 Å². The van der Waals surface area contributed by atoms with E-state index in [0.717, 1.165) is 32.2 Å². The van der Waals surface area contributed by atoms with Crippen LogP contribution >= 0.6 is 0 Å². The fourth-order valence-corrected chi connectivity index (χ4v) is 4.85. The molecule has 2 bridgehead atoms. The maximum atomic E-state index is 6.73. The molecular formula is C25H29NO. The van der Waals surface area contributed by atoms with Crippen LogP contribution in [0.4, 0.5) is 0 Å². The first-order chi connectivity index (χ1) is 13.3. The number of hydrogen-bond acceptors (Lipinski definition) is 2. The molecule has 2 aliphatic rings. The summed E-state index contributed by atoms with van der Waals surface area (Å²) in [5.41, 5.74) is 2.68. The third kappa shape index (κ3) is 4.43. The van der Waals surface area contributed by atoms with E-state index in [2.05, 4.69) is 71.5 Å². The maximum absolute atomic E-state index is 6.73. The van der Waals surface area contributed by atoms with Crippen molar-refractivity contribution in [1.82, 2.24) is 4.90 Å². The van der Waals surface area contributed by atoms with Crippen LogP contribution in [0.15, 0.2) is 60.7 Å². The third-order valence-corrected chi connectivity index (χ3v) is 6.18. The van der Waals surface area contributed by atoms with Crippen LogP contribution in [-0.4, -0.2) is 29.6 Å². The van der Waals surface area contributed by atoms with E-state index in [9.17, 15) is 0 Å². The molecule has 2 nitrogen and oxygen atoms in total. The highest BCUT2D eigenvalue weighted by molar-refractivity contribution is 5.20. The highest BCUT2D eigenvalue weighted by Crippen LogP contribution is 2.38. The number of fused-ring (bicyclic) bond motifs is 2. The molecule has 0 saturated carbocycles. The summed E-state index contributed by atoms with van der Waals surface area (Å²) < 4.78 is 6.73. The Balaban J connectivity index is 1.43. The van der Waals surface area contributed by atoms with Crippen molar-refractivity contribution >= 4 is 0 Å². The molecule has 2 aromatic rings. The molecule has 2 unspecified atom stereocenters. The van der Waals surface area contributed by atoms with E-state index in [4.69, 9.17) is 11.2 Å². The molecule has 4 rings (SSSR count). The van der Waals surface area contributed by atoms with E-state index in [1.807, 2.05) is 0 Å². The Hall–Kier alpha value is -2.08. The first kappa shape index (κ1) is 18.3. The van der Waals surface area contributed by atoms with Gasteiger partial charge in [-0.25, -0.2) is 0 Å². The minimum absolute atomic E-state index is 0.162. The number of benzene rings is 2. The van der Waals surface area contributed by atoms with Crippen LogP contribution in [0.3, 0.4) is 0 Å². The minimum Gasteiger partial charge on any atom is -0.370 e. The Morgan fingerprint density at radius 3 is 2.22 bits per heavy atom. The monoisotopic (exact) mass is 359 g/mol.